The Hall–Kier alpha value is -1.31. The van der Waals surface area contributed by atoms with E-state index >= 15 is 0 Å². The van der Waals surface area contributed by atoms with E-state index in [1.54, 1.807) is 0 Å². The monoisotopic (exact) mass is 232 g/mol. The maximum atomic E-state index is 11.6. The zero-order valence-electron chi connectivity index (χ0n) is 10.9. The van der Waals surface area contributed by atoms with E-state index in [0.717, 1.165) is 29.7 Å². The van der Waals surface area contributed by atoms with Gasteiger partial charge in [-0.3, -0.25) is 4.79 Å². The molecule has 0 fully saturated rings. The van der Waals surface area contributed by atoms with Gasteiger partial charge in [0.25, 0.3) is 0 Å². The van der Waals surface area contributed by atoms with Crippen molar-refractivity contribution in [2.24, 2.45) is 5.41 Å². The van der Waals surface area contributed by atoms with Crippen molar-refractivity contribution in [1.82, 2.24) is 0 Å². The summed E-state index contributed by atoms with van der Waals surface area (Å²) in [5, 5.41) is 0. The van der Waals surface area contributed by atoms with Crippen LogP contribution in [0.4, 0.5) is 0 Å². The Labute approximate surface area is 103 Å². The molecule has 0 saturated heterocycles. The molecule has 92 valence electrons. The van der Waals surface area contributed by atoms with E-state index in [9.17, 15) is 4.79 Å². The summed E-state index contributed by atoms with van der Waals surface area (Å²) in [6, 6.07) is 5.79. The van der Waals surface area contributed by atoms with E-state index in [0.29, 0.717) is 13.0 Å². The molecule has 0 spiro atoms. The molecule has 0 radical (unpaired) electrons. The predicted octanol–water partition coefficient (Wildman–Crippen LogP) is 3.63. The zero-order chi connectivity index (χ0) is 12.5. The van der Waals surface area contributed by atoms with Gasteiger partial charge in [0.15, 0.2) is 5.78 Å². The minimum absolute atomic E-state index is 0.251. The number of carbonyl (C=O) groups excluding carboxylic acids is 1. The van der Waals surface area contributed by atoms with Gasteiger partial charge < -0.3 is 4.74 Å². The van der Waals surface area contributed by atoms with Crippen LogP contribution in [0, 0.1) is 5.41 Å². The van der Waals surface area contributed by atoms with Crippen molar-refractivity contribution >= 4 is 5.78 Å². The topological polar surface area (TPSA) is 26.3 Å². The van der Waals surface area contributed by atoms with E-state index in [-0.39, 0.29) is 11.2 Å². The molecule has 1 aromatic carbocycles. The van der Waals surface area contributed by atoms with Crippen LogP contribution in [0.1, 0.15) is 49.5 Å². The maximum Gasteiger partial charge on any atom is 0.163 e. The standard InChI is InChI=1S/C15H20O2/c1-15(2,3)9-10-17-14-6-4-5-11-12(14)7-8-13(11)16/h4-6H,7-10H2,1-3H3. The number of hydrogen-bond acceptors (Lipinski definition) is 2. The quantitative estimate of drug-likeness (QED) is 0.795. The third kappa shape index (κ3) is 2.87. The number of ether oxygens (including phenoxy) is 1. The van der Waals surface area contributed by atoms with E-state index in [2.05, 4.69) is 20.8 Å². The highest BCUT2D eigenvalue weighted by Crippen LogP contribution is 2.31. The molecule has 1 aromatic rings. The largest absolute Gasteiger partial charge is 0.493 e. The minimum atomic E-state index is 0.251. The number of fused-ring (bicyclic) bond motifs is 1. The van der Waals surface area contributed by atoms with Crippen LogP contribution in [0.2, 0.25) is 0 Å². The summed E-state index contributed by atoms with van der Waals surface area (Å²) in [6.45, 7) is 7.33. The number of Topliss-reactive ketones (excluding diaryl/α,β-unsaturated/α-hetero) is 1. The zero-order valence-corrected chi connectivity index (χ0v) is 10.9. The van der Waals surface area contributed by atoms with Crippen LogP contribution in [0.5, 0.6) is 5.75 Å². The molecule has 0 aromatic heterocycles. The lowest BCUT2D eigenvalue weighted by atomic mass is 9.93. The van der Waals surface area contributed by atoms with Gasteiger partial charge in [0.2, 0.25) is 0 Å². The van der Waals surface area contributed by atoms with Gasteiger partial charge in [-0.25, -0.2) is 0 Å². The van der Waals surface area contributed by atoms with E-state index in [4.69, 9.17) is 4.74 Å². The van der Waals surface area contributed by atoms with Crippen molar-refractivity contribution in [3.8, 4) is 5.75 Å². The summed E-state index contributed by atoms with van der Waals surface area (Å²) in [5.41, 5.74) is 2.25. The molecule has 0 atom stereocenters. The fraction of sp³-hybridized carbons (Fsp3) is 0.533. The Balaban J connectivity index is 2.05. The third-order valence-electron chi connectivity index (χ3n) is 3.15. The van der Waals surface area contributed by atoms with Crippen LogP contribution in [0.15, 0.2) is 18.2 Å². The first kappa shape index (κ1) is 12.2. The molecule has 1 aliphatic rings. The Bertz CT molecular complexity index is 427. The average molecular weight is 232 g/mol. The molecule has 0 amide bonds. The highest BCUT2D eigenvalue weighted by Gasteiger charge is 2.22. The Morgan fingerprint density at radius 2 is 2.00 bits per heavy atom. The molecule has 0 unspecified atom stereocenters. The van der Waals surface area contributed by atoms with Crippen molar-refractivity contribution in [3.05, 3.63) is 29.3 Å². The van der Waals surface area contributed by atoms with E-state index in [1.807, 2.05) is 18.2 Å². The first-order chi connectivity index (χ1) is 7.97. The lowest BCUT2D eigenvalue weighted by Crippen LogP contribution is -2.11. The molecular weight excluding hydrogens is 212 g/mol. The number of ketones is 1. The summed E-state index contributed by atoms with van der Waals surface area (Å²) in [4.78, 5) is 11.6. The normalized spacial score (nSPS) is 14.9. The Morgan fingerprint density at radius 3 is 2.71 bits per heavy atom. The average Bonchev–Trinajstić information content (AvgIpc) is 2.60. The molecule has 0 aliphatic heterocycles. The smallest absolute Gasteiger partial charge is 0.163 e. The molecule has 0 heterocycles. The summed E-state index contributed by atoms with van der Waals surface area (Å²) in [7, 11) is 0. The van der Waals surface area contributed by atoms with Gasteiger partial charge in [0.1, 0.15) is 5.75 Å². The summed E-state index contributed by atoms with van der Waals surface area (Å²) in [6.07, 6.45) is 2.49. The SMILES string of the molecule is CC(C)(C)CCOc1cccc2c1CCC2=O. The highest BCUT2D eigenvalue weighted by molar-refractivity contribution is 6.01. The fourth-order valence-corrected chi connectivity index (χ4v) is 2.06. The molecule has 17 heavy (non-hydrogen) atoms. The van der Waals surface area contributed by atoms with Gasteiger partial charge in [-0.2, -0.15) is 0 Å². The number of hydrogen-bond donors (Lipinski definition) is 0. The second-order valence-electron chi connectivity index (χ2n) is 5.86. The van der Waals surface area contributed by atoms with Gasteiger partial charge >= 0.3 is 0 Å². The molecule has 0 N–H and O–H groups in total. The van der Waals surface area contributed by atoms with Crippen LogP contribution < -0.4 is 4.74 Å². The molecule has 1 aliphatic carbocycles. The lowest BCUT2D eigenvalue weighted by Gasteiger charge is -2.18. The van der Waals surface area contributed by atoms with Gasteiger partial charge in [-0.15, -0.1) is 0 Å². The molecule has 2 heteroatoms. The number of rotatable bonds is 3. The Kier molecular flexibility index (Phi) is 3.23. The first-order valence-corrected chi connectivity index (χ1v) is 6.25. The van der Waals surface area contributed by atoms with Crippen LogP contribution in [-0.4, -0.2) is 12.4 Å². The number of carbonyl (C=O) groups is 1. The molecule has 2 nitrogen and oxygen atoms in total. The summed E-state index contributed by atoms with van der Waals surface area (Å²) >= 11 is 0. The lowest BCUT2D eigenvalue weighted by molar-refractivity contribution is 0.0994. The van der Waals surface area contributed by atoms with Gasteiger partial charge in [-0.05, 0) is 24.3 Å². The van der Waals surface area contributed by atoms with Crippen molar-refractivity contribution in [1.29, 1.82) is 0 Å². The number of benzene rings is 1. The third-order valence-corrected chi connectivity index (χ3v) is 3.15. The fourth-order valence-electron chi connectivity index (χ4n) is 2.06. The van der Waals surface area contributed by atoms with E-state index in [1.165, 1.54) is 0 Å². The van der Waals surface area contributed by atoms with Crippen LogP contribution >= 0.6 is 0 Å². The Morgan fingerprint density at radius 1 is 1.24 bits per heavy atom. The first-order valence-electron chi connectivity index (χ1n) is 6.25. The molecule has 0 bridgehead atoms. The van der Waals surface area contributed by atoms with Crippen LogP contribution in [0.3, 0.4) is 0 Å². The van der Waals surface area contributed by atoms with Gasteiger partial charge in [-0.1, -0.05) is 32.9 Å². The van der Waals surface area contributed by atoms with Gasteiger partial charge in [0, 0.05) is 17.5 Å². The van der Waals surface area contributed by atoms with Crippen molar-refractivity contribution in [2.45, 2.75) is 40.0 Å². The molecular formula is C15H20O2. The second-order valence-corrected chi connectivity index (χ2v) is 5.86. The van der Waals surface area contributed by atoms with E-state index < -0.39 is 0 Å². The van der Waals surface area contributed by atoms with Crippen molar-refractivity contribution in [3.63, 3.8) is 0 Å². The maximum absolute atomic E-state index is 11.6. The highest BCUT2D eigenvalue weighted by atomic mass is 16.5. The molecule has 2 rings (SSSR count). The summed E-state index contributed by atoms with van der Waals surface area (Å²) < 4.78 is 5.82. The minimum Gasteiger partial charge on any atom is -0.493 e. The molecule has 0 saturated carbocycles. The van der Waals surface area contributed by atoms with Crippen LogP contribution in [-0.2, 0) is 6.42 Å². The van der Waals surface area contributed by atoms with Crippen LogP contribution in [0.25, 0.3) is 0 Å². The van der Waals surface area contributed by atoms with Crippen molar-refractivity contribution in [2.75, 3.05) is 6.61 Å². The predicted molar refractivity (Wildman–Crippen MR) is 68.7 cm³/mol. The van der Waals surface area contributed by atoms with Crippen molar-refractivity contribution < 1.29 is 9.53 Å². The summed E-state index contributed by atoms with van der Waals surface area (Å²) in [5.74, 6) is 1.15. The second kappa shape index (κ2) is 4.52. The van der Waals surface area contributed by atoms with Gasteiger partial charge in [0.05, 0.1) is 6.61 Å².